The third-order valence-corrected chi connectivity index (χ3v) is 7.54. The van der Waals surface area contributed by atoms with Crippen molar-refractivity contribution in [2.75, 3.05) is 0 Å². The molecule has 0 aliphatic heterocycles. The molecule has 0 unspecified atom stereocenters. The highest BCUT2D eigenvalue weighted by atomic mass is 19.2. The van der Waals surface area contributed by atoms with Crippen LogP contribution in [0, 0.1) is 29.4 Å². The average molecular weight is 393 g/mol. The summed E-state index contributed by atoms with van der Waals surface area (Å²) in [7, 11) is 0. The Hall–Kier alpha value is -1.45. The number of rotatable bonds is 7. The molecule has 0 spiro atoms. The molecule has 3 rings (SSSR count). The van der Waals surface area contributed by atoms with Crippen molar-refractivity contribution in [2.24, 2.45) is 17.8 Å². The van der Waals surface area contributed by atoms with Crippen LogP contribution in [-0.2, 0) is 10.2 Å². The van der Waals surface area contributed by atoms with E-state index in [-0.39, 0.29) is 0 Å². The number of unbranched alkanes of at least 4 members (excludes halogenated alkanes) is 2. The predicted octanol–water partition coefficient (Wildman–Crippen LogP) is 6.86. The molecule has 1 N–H and O–H groups in total. The summed E-state index contributed by atoms with van der Waals surface area (Å²) in [6, 6.07) is 3.60. The first-order chi connectivity index (χ1) is 13.5. The van der Waals surface area contributed by atoms with Gasteiger partial charge >= 0.3 is 5.97 Å². The van der Waals surface area contributed by atoms with Crippen LogP contribution in [0.15, 0.2) is 18.2 Å². The Kier molecular flexibility index (Phi) is 7.11. The van der Waals surface area contributed by atoms with Gasteiger partial charge in [-0.05, 0) is 74.0 Å². The number of hydrogen-bond donors (Lipinski definition) is 1. The molecule has 156 valence electrons. The Labute approximate surface area is 167 Å². The van der Waals surface area contributed by atoms with Crippen LogP contribution in [0.3, 0.4) is 0 Å². The Bertz CT molecular complexity index is 657. The second-order valence-electron chi connectivity index (χ2n) is 9.13. The second kappa shape index (κ2) is 9.37. The molecule has 0 heterocycles. The summed E-state index contributed by atoms with van der Waals surface area (Å²) < 4.78 is 27.0. The maximum atomic E-state index is 13.7. The van der Waals surface area contributed by atoms with Crippen LogP contribution in [-0.4, -0.2) is 11.1 Å². The van der Waals surface area contributed by atoms with Gasteiger partial charge in [-0.25, -0.2) is 8.78 Å². The minimum Gasteiger partial charge on any atom is -0.481 e. The van der Waals surface area contributed by atoms with Gasteiger partial charge in [0.1, 0.15) is 0 Å². The van der Waals surface area contributed by atoms with E-state index in [4.69, 9.17) is 0 Å². The van der Waals surface area contributed by atoms with Gasteiger partial charge in [-0.3, -0.25) is 4.79 Å². The number of aliphatic carboxylic acids is 1. The molecule has 0 radical (unpaired) electrons. The van der Waals surface area contributed by atoms with E-state index < -0.39 is 23.0 Å². The van der Waals surface area contributed by atoms with Gasteiger partial charge in [0.2, 0.25) is 0 Å². The summed E-state index contributed by atoms with van der Waals surface area (Å²) in [5.41, 5.74) is -0.653. The molecule has 0 bridgehead atoms. The van der Waals surface area contributed by atoms with Gasteiger partial charge in [-0.2, -0.15) is 0 Å². The first-order valence-corrected chi connectivity index (χ1v) is 11.1. The number of benzene rings is 1. The van der Waals surface area contributed by atoms with Gasteiger partial charge in [0.05, 0.1) is 5.41 Å². The van der Waals surface area contributed by atoms with E-state index >= 15 is 0 Å². The monoisotopic (exact) mass is 392 g/mol. The zero-order valence-corrected chi connectivity index (χ0v) is 17.1. The lowest BCUT2D eigenvalue weighted by Gasteiger charge is -2.42. The smallest absolute Gasteiger partial charge is 0.314 e. The normalized spacial score (nSPS) is 30.9. The maximum absolute atomic E-state index is 13.7. The van der Waals surface area contributed by atoms with Crippen molar-refractivity contribution in [3.8, 4) is 0 Å². The molecule has 2 aliphatic rings. The highest BCUT2D eigenvalue weighted by Gasteiger charge is 2.45. The van der Waals surface area contributed by atoms with E-state index in [0.717, 1.165) is 30.9 Å². The summed E-state index contributed by atoms with van der Waals surface area (Å²) in [4.78, 5) is 12.1. The molecule has 2 nitrogen and oxygen atoms in total. The molecule has 0 amide bonds. The topological polar surface area (TPSA) is 37.3 Å². The third kappa shape index (κ3) is 4.58. The largest absolute Gasteiger partial charge is 0.481 e. The fourth-order valence-corrected chi connectivity index (χ4v) is 5.66. The van der Waals surface area contributed by atoms with Crippen LogP contribution in [0.5, 0.6) is 0 Å². The number of halogens is 2. The maximum Gasteiger partial charge on any atom is 0.314 e. The van der Waals surface area contributed by atoms with E-state index in [1.807, 2.05) is 0 Å². The summed E-state index contributed by atoms with van der Waals surface area (Å²) >= 11 is 0. The molecule has 0 atom stereocenters. The van der Waals surface area contributed by atoms with E-state index in [0.29, 0.717) is 30.2 Å². The Morgan fingerprint density at radius 3 is 2.21 bits per heavy atom. The Balaban J connectivity index is 1.58. The van der Waals surface area contributed by atoms with Gasteiger partial charge in [0.25, 0.3) is 0 Å². The lowest BCUT2D eigenvalue weighted by Crippen LogP contribution is -2.41. The fourth-order valence-electron chi connectivity index (χ4n) is 5.66. The Morgan fingerprint density at radius 2 is 1.64 bits per heavy atom. The van der Waals surface area contributed by atoms with E-state index in [9.17, 15) is 18.7 Å². The van der Waals surface area contributed by atoms with Crippen LogP contribution in [0.4, 0.5) is 8.78 Å². The number of carboxylic acids is 1. The molecular weight excluding hydrogens is 358 g/mol. The van der Waals surface area contributed by atoms with Gasteiger partial charge in [-0.15, -0.1) is 0 Å². The Morgan fingerprint density at radius 1 is 1.00 bits per heavy atom. The van der Waals surface area contributed by atoms with E-state index in [2.05, 4.69) is 6.92 Å². The average Bonchev–Trinajstić information content (AvgIpc) is 2.71. The highest BCUT2D eigenvalue weighted by Crippen LogP contribution is 2.47. The van der Waals surface area contributed by atoms with Gasteiger partial charge in [-0.1, -0.05) is 51.5 Å². The molecule has 1 aromatic carbocycles. The van der Waals surface area contributed by atoms with E-state index in [1.165, 1.54) is 57.4 Å². The predicted molar refractivity (Wildman–Crippen MR) is 107 cm³/mol. The van der Waals surface area contributed by atoms with Crippen LogP contribution in [0.25, 0.3) is 0 Å². The van der Waals surface area contributed by atoms with Crippen molar-refractivity contribution in [1.29, 1.82) is 0 Å². The molecular formula is C24H34F2O2. The van der Waals surface area contributed by atoms with Crippen LogP contribution >= 0.6 is 0 Å². The third-order valence-electron chi connectivity index (χ3n) is 7.54. The van der Waals surface area contributed by atoms with Crippen molar-refractivity contribution in [2.45, 2.75) is 89.4 Å². The van der Waals surface area contributed by atoms with Crippen molar-refractivity contribution in [3.63, 3.8) is 0 Å². The van der Waals surface area contributed by atoms with Crippen molar-refractivity contribution >= 4 is 5.97 Å². The molecule has 2 aliphatic carbocycles. The summed E-state index contributed by atoms with van der Waals surface area (Å²) in [5, 5.41) is 9.92. The van der Waals surface area contributed by atoms with Gasteiger partial charge in [0, 0.05) is 0 Å². The molecule has 28 heavy (non-hydrogen) atoms. The first-order valence-electron chi connectivity index (χ1n) is 11.1. The van der Waals surface area contributed by atoms with Crippen LogP contribution in [0.1, 0.15) is 89.5 Å². The lowest BCUT2D eigenvalue weighted by molar-refractivity contribution is -0.146. The molecule has 0 saturated heterocycles. The standard InChI is InChI=1S/C24H34F2O2/c1-2-3-4-5-17-6-8-18(9-7-17)19-12-14-24(15-13-19,23(27)28)20-10-11-21(25)22(26)16-20/h10-11,16-19H,2-9,12-15H2,1H3,(H,27,28). The zero-order valence-electron chi connectivity index (χ0n) is 17.1. The van der Waals surface area contributed by atoms with Crippen LogP contribution < -0.4 is 0 Å². The van der Waals surface area contributed by atoms with Crippen molar-refractivity contribution < 1.29 is 18.7 Å². The summed E-state index contributed by atoms with van der Waals surface area (Å²) in [6.45, 7) is 2.25. The number of carboxylic acid groups (broad SMARTS) is 1. The van der Waals surface area contributed by atoms with Crippen LogP contribution in [0.2, 0.25) is 0 Å². The quantitative estimate of drug-likeness (QED) is 0.514. The fraction of sp³-hybridized carbons (Fsp3) is 0.708. The molecule has 0 aromatic heterocycles. The molecule has 2 saturated carbocycles. The molecule has 4 heteroatoms. The SMILES string of the molecule is CCCCCC1CCC(C2CCC(C(=O)O)(c3ccc(F)c(F)c3)CC2)CC1. The second-order valence-corrected chi connectivity index (χ2v) is 9.13. The number of hydrogen-bond acceptors (Lipinski definition) is 1. The minimum absolute atomic E-state index is 0.414. The summed E-state index contributed by atoms with van der Waals surface area (Å²) in [5.74, 6) is -0.618. The molecule has 1 aromatic rings. The van der Waals surface area contributed by atoms with Gasteiger partial charge < -0.3 is 5.11 Å². The highest BCUT2D eigenvalue weighted by molar-refractivity contribution is 5.81. The summed E-state index contributed by atoms with van der Waals surface area (Å²) in [6.07, 6.45) is 13.3. The van der Waals surface area contributed by atoms with Crippen molar-refractivity contribution in [1.82, 2.24) is 0 Å². The zero-order chi connectivity index (χ0) is 20.1. The molecule has 2 fully saturated rings. The first kappa shape index (κ1) is 21.3. The van der Waals surface area contributed by atoms with E-state index in [1.54, 1.807) is 0 Å². The minimum atomic E-state index is -1.07. The van der Waals surface area contributed by atoms with Gasteiger partial charge in [0.15, 0.2) is 11.6 Å². The van der Waals surface area contributed by atoms with Crippen molar-refractivity contribution in [3.05, 3.63) is 35.4 Å². The number of carbonyl (C=O) groups is 1. The lowest BCUT2D eigenvalue weighted by atomic mass is 9.62.